The van der Waals surface area contributed by atoms with Crippen LogP contribution in [0.25, 0.3) is 5.65 Å². The fourth-order valence-electron chi connectivity index (χ4n) is 1.52. The second kappa shape index (κ2) is 3.37. The first-order valence-corrected chi connectivity index (χ1v) is 5.29. The van der Waals surface area contributed by atoms with Crippen molar-refractivity contribution < 1.29 is 0 Å². The van der Waals surface area contributed by atoms with Gasteiger partial charge < -0.3 is 5.73 Å². The topological polar surface area (TPSA) is 43.3 Å². The third-order valence-corrected chi connectivity index (χ3v) is 3.00. The van der Waals surface area contributed by atoms with Gasteiger partial charge in [0, 0.05) is 11.7 Å². The van der Waals surface area contributed by atoms with Crippen molar-refractivity contribution in [2.24, 2.45) is 5.73 Å². The molecule has 0 saturated heterocycles. The van der Waals surface area contributed by atoms with E-state index >= 15 is 0 Å². The van der Waals surface area contributed by atoms with E-state index in [0.717, 1.165) is 21.6 Å². The minimum atomic E-state index is -0.0522. The number of aromatic nitrogens is 2. The minimum Gasteiger partial charge on any atom is -0.323 e. The first kappa shape index (κ1) is 9.68. The Bertz CT molecular complexity index is 473. The van der Waals surface area contributed by atoms with Crippen LogP contribution in [0.2, 0.25) is 0 Å². The highest BCUT2D eigenvalue weighted by atomic mass is 79.9. The SMILES string of the molecule is Cc1cccc2nc(C(C)N)c(Br)n12. The molecule has 1 atom stereocenters. The van der Waals surface area contributed by atoms with E-state index in [2.05, 4.69) is 25.3 Å². The molecule has 0 radical (unpaired) electrons. The third kappa shape index (κ3) is 1.35. The van der Waals surface area contributed by atoms with Crippen LogP contribution in [0.4, 0.5) is 0 Å². The van der Waals surface area contributed by atoms with Crippen molar-refractivity contribution in [3.05, 3.63) is 34.2 Å². The number of fused-ring (bicyclic) bond motifs is 1. The maximum absolute atomic E-state index is 5.82. The minimum absolute atomic E-state index is 0.0522. The monoisotopic (exact) mass is 253 g/mol. The summed E-state index contributed by atoms with van der Waals surface area (Å²) >= 11 is 3.52. The molecule has 0 amide bonds. The molecular weight excluding hydrogens is 242 g/mol. The van der Waals surface area contributed by atoms with Gasteiger partial charge in [0.1, 0.15) is 10.3 Å². The number of aryl methyl sites for hydroxylation is 1. The Hall–Kier alpha value is -0.870. The Balaban J connectivity index is 2.81. The maximum atomic E-state index is 5.82. The zero-order chi connectivity index (χ0) is 10.3. The average Bonchev–Trinajstić information content (AvgIpc) is 2.45. The van der Waals surface area contributed by atoms with Gasteiger partial charge in [-0.2, -0.15) is 0 Å². The molecule has 0 aliphatic carbocycles. The standard InChI is InChI=1S/C10H12BrN3/c1-6-4-3-5-8-13-9(7(2)12)10(11)14(6)8/h3-5,7H,12H2,1-2H3. The van der Waals surface area contributed by atoms with Crippen molar-refractivity contribution in [3.8, 4) is 0 Å². The Morgan fingerprint density at radius 3 is 2.79 bits per heavy atom. The Labute approximate surface area is 91.1 Å². The van der Waals surface area contributed by atoms with E-state index in [1.54, 1.807) is 0 Å². The van der Waals surface area contributed by atoms with Crippen LogP contribution in [0, 0.1) is 6.92 Å². The van der Waals surface area contributed by atoms with Crippen molar-refractivity contribution in [3.63, 3.8) is 0 Å². The summed E-state index contributed by atoms with van der Waals surface area (Å²) in [5.74, 6) is 0. The van der Waals surface area contributed by atoms with Crippen LogP contribution < -0.4 is 5.73 Å². The van der Waals surface area contributed by atoms with Gasteiger partial charge in [-0.3, -0.25) is 4.40 Å². The van der Waals surface area contributed by atoms with Crippen molar-refractivity contribution in [2.75, 3.05) is 0 Å². The number of nitrogens with two attached hydrogens (primary N) is 1. The molecule has 0 aliphatic rings. The second-order valence-electron chi connectivity index (χ2n) is 3.44. The van der Waals surface area contributed by atoms with E-state index in [9.17, 15) is 0 Å². The Morgan fingerprint density at radius 2 is 2.21 bits per heavy atom. The third-order valence-electron chi connectivity index (χ3n) is 2.24. The summed E-state index contributed by atoms with van der Waals surface area (Å²) in [6.07, 6.45) is 0. The Morgan fingerprint density at radius 1 is 1.50 bits per heavy atom. The normalized spacial score (nSPS) is 13.4. The van der Waals surface area contributed by atoms with Crippen LogP contribution >= 0.6 is 15.9 Å². The molecule has 0 spiro atoms. The summed E-state index contributed by atoms with van der Waals surface area (Å²) in [6.45, 7) is 3.98. The number of pyridine rings is 1. The van der Waals surface area contributed by atoms with Crippen LogP contribution in [0.1, 0.15) is 24.4 Å². The van der Waals surface area contributed by atoms with Crippen molar-refractivity contribution >= 4 is 21.6 Å². The lowest BCUT2D eigenvalue weighted by Crippen LogP contribution is -2.06. The van der Waals surface area contributed by atoms with Crippen LogP contribution in [-0.2, 0) is 0 Å². The molecule has 1 unspecified atom stereocenters. The molecule has 0 saturated carbocycles. The number of rotatable bonds is 1. The molecule has 2 rings (SSSR count). The largest absolute Gasteiger partial charge is 0.323 e. The smallest absolute Gasteiger partial charge is 0.138 e. The molecule has 2 aromatic rings. The number of halogens is 1. The van der Waals surface area contributed by atoms with Crippen molar-refractivity contribution in [1.82, 2.24) is 9.38 Å². The predicted octanol–water partition coefficient (Wildman–Crippen LogP) is 2.42. The molecule has 3 nitrogen and oxygen atoms in total. The molecule has 0 bridgehead atoms. The van der Waals surface area contributed by atoms with E-state index in [-0.39, 0.29) is 6.04 Å². The van der Waals surface area contributed by atoms with Gasteiger partial charge in [-0.05, 0) is 41.9 Å². The van der Waals surface area contributed by atoms with Gasteiger partial charge in [-0.1, -0.05) is 6.07 Å². The molecular formula is C10H12BrN3. The maximum Gasteiger partial charge on any atom is 0.138 e. The van der Waals surface area contributed by atoms with Crippen molar-refractivity contribution in [1.29, 1.82) is 0 Å². The zero-order valence-corrected chi connectivity index (χ0v) is 9.75. The van der Waals surface area contributed by atoms with Gasteiger partial charge in [-0.25, -0.2) is 4.98 Å². The summed E-state index contributed by atoms with van der Waals surface area (Å²) in [7, 11) is 0. The number of hydrogen-bond donors (Lipinski definition) is 1. The first-order valence-electron chi connectivity index (χ1n) is 4.50. The summed E-state index contributed by atoms with van der Waals surface area (Å²) in [6, 6.07) is 5.96. The number of hydrogen-bond acceptors (Lipinski definition) is 2. The van der Waals surface area contributed by atoms with Crippen LogP contribution in [0.3, 0.4) is 0 Å². The fourth-order valence-corrected chi connectivity index (χ4v) is 2.43. The summed E-state index contributed by atoms with van der Waals surface area (Å²) < 4.78 is 3.01. The van der Waals surface area contributed by atoms with E-state index < -0.39 is 0 Å². The van der Waals surface area contributed by atoms with Gasteiger partial charge in [0.15, 0.2) is 0 Å². The lowest BCUT2D eigenvalue weighted by atomic mass is 10.3. The Kier molecular flexibility index (Phi) is 2.33. The molecule has 0 fully saturated rings. The van der Waals surface area contributed by atoms with Crippen LogP contribution in [0.5, 0.6) is 0 Å². The average molecular weight is 254 g/mol. The quantitative estimate of drug-likeness (QED) is 0.849. The highest BCUT2D eigenvalue weighted by Gasteiger charge is 2.13. The summed E-state index contributed by atoms with van der Waals surface area (Å²) in [4.78, 5) is 4.46. The predicted molar refractivity (Wildman–Crippen MR) is 60.2 cm³/mol. The van der Waals surface area contributed by atoms with Gasteiger partial charge in [0.2, 0.25) is 0 Å². The molecule has 2 aromatic heterocycles. The first-order chi connectivity index (χ1) is 6.61. The van der Waals surface area contributed by atoms with E-state index in [4.69, 9.17) is 5.73 Å². The molecule has 4 heteroatoms. The number of imidazole rings is 1. The van der Waals surface area contributed by atoms with Crippen LogP contribution in [0.15, 0.2) is 22.8 Å². The lowest BCUT2D eigenvalue weighted by molar-refractivity contribution is 0.783. The van der Waals surface area contributed by atoms with Crippen LogP contribution in [-0.4, -0.2) is 9.38 Å². The van der Waals surface area contributed by atoms with Gasteiger partial charge in [0.25, 0.3) is 0 Å². The van der Waals surface area contributed by atoms with E-state index in [1.165, 1.54) is 0 Å². The summed E-state index contributed by atoms with van der Waals surface area (Å²) in [5.41, 5.74) is 8.81. The fraction of sp³-hybridized carbons (Fsp3) is 0.300. The van der Waals surface area contributed by atoms with Gasteiger partial charge in [-0.15, -0.1) is 0 Å². The number of nitrogens with zero attached hydrogens (tertiary/aromatic N) is 2. The second-order valence-corrected chi connectivity index (χ2v) is 4.19. The molecule has 2 heterocycles. The lowest BCUT2D eigenvalue weighted by Gasteiger charge is -2.02. The highest BCUT2D eigenvalue weighted by Crippen LogP contribution is 2.24. The summed E-state index contributed by atoms with van der Waals surface area (Å²) in [5, 5.41) is 0. The molecule has 2 N–H and O–H groups in total. The molecule has 0 aromatic carbocycles. The van der Waals surface area contributed by atoms with E-state index in [1.807, 2.05) is 32.0 Å². The molecule has 14 heavy (non-hydrogen) atoms. The molecule has 0 aliphatic heterocycles. The molecule has 74 valence electrons. The highest BCUT2D eigenvalue weighted by molar-refractivity contribution is 9.10. The van der Waals surface area contributed by atoms with Gasteiger partial charge >= 0.3 is 0 Å². The zero-order valence-electron chi connectivity index (χ0n) is 8.16. The van der Waals surface area contributed by atoms with Crippen molar-refractivity contribution in [2.45, 2.75) is 19.9 Å². The van der Waals surface area contributed by atoms with E-state index in [0.29, 0.717) is 0 Å². The van der Waals surface area contributed by atoms with Gasteiger partial charge in [0.05, 0.1) is 5.69 Å².